The molecule has 1 saturated carbocycles. The van der Waals surface area contributed by atoms with E-state index in [2.05, 4.69) is 29.1 Å². The number of carbonyl (C=O) groups excluding carboxylic acids is 1. The van der Waals surface area contributed by atoms with Crippen molar-refractivity contribution in [3.8, 4) is 11.1 Å². The summed E-state index contributed by atoms with van der Waals surface area (Å²) in [7, 11) is 0. The number of nitrogens with one attached hydrogen (secondary N) is 1. The lowest BCUT2D eigenvalue weighted by molar-refractivity contribution is -0.124. The molecule has 28 heavy (non-hydrogen) atoms. The molecule has 0 aliphatic heterocycles. The standard InChI is InChI=1S/C23H32N4O/c1-15(2)22-25-14-20(18-9-11-24-12-10-18)21(27-22)19-7-5-17(6-8-19)13-26-23(28)16(3)4/h9-12,14-17,19H,5-8,13H2,1-4H3,(H,26,28). The van der Waals surface area contributed by atoms with Crippen LogP contribution in [0.25, 0.3) is 11.1 Å². The number of carbonyl (C=O) groups is 1. The van der Waals surface area contributed by atoms with Crippen molar-refractivity contribution in [2.24, 2.45) is 11.8 Å². The van der Waals surface area contributed by atoms with Crippen molar-refractivity contribution >= 4 is 5.91 Å². The molecule has 1 fully saturated rings. The van der Waals surface area contributed by atoms with Gasteiger partial charge in [-0.1, -0.05) is 27.7 Å². The third kappa shape index (κ3) is 4.94. The number of hydrogen-bond donors (Lipinski definition) is 1. The van der Waals surface area contributed by atoms with Crippen molar-refractivity contribution in [1.82, 2.24) is 20.3 Å². The third-order valence-electron chi connectivity index (χ3n) is 5.67. The number of nitrogens with zero attached hydrogens (tertiary/aromatic N) is 3. The fraction of sp³-hybridized carbons (Fsp3) is 0.565. The summed E-state index contributed by atoms with van der Waals surface area (Å²) in [6.45, 7) is 8.95. The Hall–Kier alpha value is -2.30. The lowest BCUT2D eigenvalue weighted by Gasteiger charge is -2.30. The highest BCUT2D eigenvalue weighted by atomic mass is 16.1. The molecule has 1 amide bonds. The van der Waals surface area contributed by atoms with Gasteiger partial charge in [0.1, 0.15) is 5.82 Å². The van der Waals surface area contributed by atoms with Gasteiger partial charge in [0, 0.05) is 48.5 Å². The van der Waals surface area contributed by atoms with E-state index in [1.807, 2.05) is 44.6 Å². The van der Waals surface area contributed by atoms with Gasteiger partial charge in [-0.25, -0.2) is 9.97 Å². The molecular formula is C23H32N4O. The van der Waals surface area contributed by atoms with Gasteiger partial charge in [0.15, 0.2) is 0 Å². The minimum absolute atomic E-state index is 0.0507. The van der Waals surface area contributed by atoms with Gasteiger partial charge in [0.2, 0.25) is 5.91 Å². The molecule has 0 unspecified atom stereocenters. The molecule has 1 aliphatic rings. The Morgan fingerprint density at radius 1 is 1.11 bits per heavy atom. The minimum Gasteiger partial charge on any atom is -0.356 e. The topological polar surface area (TPSA) is 67.8 Å². The zero-order chi connectivity index (χ0) is 20.1. The average molecular weight is 381 g/mol. The molecule has 3 rings (SSSR count). The molecule has 0 spiro atoms. The van der Waals surface area contributed by atoms with Crippen molar-refractivity contribution in [2.45, 2.75) is 65.2 Å². The van der Waals surface area contributed by atoms with E-state index in [1.165, 1.54) is 5.69 Å². The van der Waals surface area contributed by atoms with Crippen molar-refractivity contribution < 1.29 is 4.79 Å². The van der Waals surface area contributed by atoms with Crippen LogP contribution in [0, 0.1) is 11.8 Å². The summed E-state index contributed by atoms with van der Waals surface area (Å²) in [5.74, 6) is 2.44. The smallest absolute Gasteiger partial charge is 0.222 e. The Kier molecular flexibility index (Phi) is 6.76. The van der Waals surface area contributed by atoms with Gasteiger partial charge in [-0.2, -0.15) is 0 Å². The predicted octanol–water partition coefficient (Wildman–Crippen LogP) is 4.71. The van der Waals surface area contributed by atoms with Gasteiger partial charge in [-0.3, -0.25) is 9.78 Å². The third-order valence-corrected chi connectivity index (χ3v) is 5.67. The van der Waals surface area contributed by atoms with E-state index in [0.29, 0.717) is 17.8 Å². The Bertz CT molecular complexity index is 780. The van der Waals surface area contributed by atoms with Crippen LogP contribution in [0.3, 0.4) is 0 Å². The van der Waals surface area contributed by atoms with E-state index in [1.54, 1.807) is 0 Å². The van der Waals surface area contributed by atoms with Crippen LogP contribution in [0.5, 0.6) is 0 Å². The van der Waals surface area contributed by atoms with Crippen LogP contribution in [0.2, 0.25) is 0 Å². The second kappa shape index (κ2) is 9.26. The summed E-state index contributed by atoms with van der Waals surface area (Å²) in [6.07, 6.45) is 10.1. The van der Waals surface area contributed by atoms with E-state index in [9.17, 15) is 4.79 Å². The van der Waals surface area contributed by atoms with Gasteiger partial charge >= 0.3 is 0 Å². The molecule has 2 aromatic heterocycles. The van der Waals surface area contributed by atoms with E-state index in [4.69, 9.17) is 4.98 Å². The number of pyridine rings is 1. The molecule has 0 aromatic carbocycles. The van der Waals surface area contributed by atoms with Gasteiger partial charge in [0.25, 0.3) is 0 Å². The molecule has 0 bridgehead atoms. The number of rotatable bonds is 6. The SMILES string of the molecule is CC(C)C(=O)NCC1CCC(c2nc(C(C)C)ncc2-c2ccncc2)CC1. The average Bonchev–Trinajstić information content (AvgIpc) is 2.72. The zero-order valence-electron chi connectivity index (χ0n) is 17.5. The summed E-state index contributed by atoms with van der Waals surface area (Å²) < 4.78 is 0. The molecule has 5 heteroatoms. The van der Waals surface area contributed by atoms with Crippen molar-refractivity contribution in [3.05, 3.63) is 42.2 Å². The molecule has 5 nitrogen and oxygen atoms in total. The number of amides is 1. The Morgan fingerprint density at radius 3 is 2.39 bits per heavy atom. The van der Waals surface area contributed by atoms with Crippen LogP contribution >= 0.6 is 0 Å². The molecule has 0 saturated heterocycles. The molecular weight excluding hydrogens is 348 g/mol. The van der Waals surface area contributed by atoms with E-state index in [-0.39, 0.29) is 11.8 Å². The van der Waals surface area contributed by atoms with Gasteiger partial charge < -0.3 is 5.32 Å². The summed E-state index contributed by atoms with van der Waals surface area (Å²) in [5.41, 5.74) is 3.43. The first-order valence-corrected chi connectivity index (χ1v) is 10.5. The van der Waals surface area contributed by atoms with Crippen LogP contribution in [-0.4, -0.2) is 27.4 Å². The van der Waals surface area contributed by atoms with Crippen molar-refractivity contribution in [3.63, 3.8) is 0 Å². The fourth-order valence-electron chi connectivity index (χ4n) is 3.84. The second-order valence-corrected chi connectivity index (χ2v) is 8.54. The molecule has 0 atom stereocenters. The van der Waals surface area contributed by atoms with Crippen LogP contribution in [0.1, 0.15) is 76.7 Å². The maximum absolute atomic E-state index is 11.8. The van der Waals surface area contributed by atoms with Crippen LogP contribution in [0.4, 0.5) is 0 Å². The minimum atomic E-state index is 0.0507. The first kappa shape index (κ1) is 20.4. The second-order valence-electron chi connectivity index (χ2n) is 8.54. The Balaban J connectivity index is 1.74. The van der Waals surface area contributed by atoms with Gasteiger partial charge in [-0.05, 0) is 49.3 Å². The first-order valence-electron chi connectivity index (χ1n) is 10.5. The van der Waals surface area contributed by atoms with Gasteiger partial charge in [0.05, 0.1) is 5.69 Å². The van der Waals surface area contributed by atoms with Crippen molar-refractivity contribution in [2.75, 3.05) is 6.54 Å². The van der Waals surface area contributed by atoms with Gasteiger partial charge in [-0.15, -0.1) is 0 Å². The highest BCUT2D eigenvalue weighted by Gasteiger charge is 2.27. The summed E-state index contributed by atoms with van der Waals surface area (Å²) >= 11 is 0. The molecule has 0 radical (unpaired) electrons. The summed E-state index contributed by atoms with van der Waals surface area (Å²) in [4.78, 5) is 25.6. The maximum atomic E-state index is 11.8. The van der Waals surface area contributed by atoms with Crippen molar-refractivity contribution in [1.29, 1.82) is 0 Å². The molecule has 1 N–H and O–H groups in total. The highest BCUT2D eigenvalue weighted by Crippen LogP contribution is 2.39. The molecule has 150 valence electrons. The monoisotopic (exact) mass is 380 g/mol. The molecule has 2 aromatic rings. The normalized spacial score (nSPS) is 19.8. The zero-order valence-corrected chi connectivity index (χ0v) is 17.5. The predicted molar refractivity (Wildman–Crippen MR) is 112 cm³/mol. The Morgan fingerprint density at radius 2 is 1.79 bits per heavy atom. The fourth-order valence-corrected chi connectivity index (χ4v) is 3.84. The summed E-state index contributed by atoms with van der Waals surface area (Å²) in [5, 5.41) is 3.10. The molecule has 2 heterocycles. The largest absolute Gasteiger partial charge is 0.356 e. The van der Waals surface area contributed by atoms with Crippen LogP contribution in [-0.2, 0) is 4.79 Å². The van der Waals surface area contributed by atoms with Crippen LogP contribution < -0.4 is 5.32 Å². The van der Waals surface area contributed by atoms with E-state index in [0.717, 1.165) is 49.2 Å². The number of aromatic nitrogens is 3. The first-order chi connectivity index (χ1) is 13.5. The lowest BCUT2D eigenvalue weighted by atomic mass is 9.79. The highest BCUT2D eigenvalue weighted by molar-refractivity contribution is 5.77. The number of hydrogen-bond acceptors (Lipinski definition) is 4. The Labute approximate surface area is 168 Å². The maximum Gasteiger partial charge on any atom is 0.222 e. The van der Waals surface area contributed by atoms with E-state index >= 15 is 0 Å². The summed E-state index contributed by atoms with van der Waals surface area (Å²) in [6, 6.07) is 4.06. The lowest BCUT2D eigenvalue weighted by Crippen LogP contribution is -2.33. The van der Waals surface area contributed by atoms with E-state index < -0.39 is 0 Å². The quantitative estimate of drug-likeness (QED) is 0.788. The molecule has 1 aliphatic carbocycles. The van der Waals surface area contributed by atoms with Crippen LogP contribution in [0.15, 0.2) is 30.7 Å².